The van der Waals surface area contributed by atoms with Crippen molar-refractivity contribution in [1.82, 2.24) is 4.90 Å². The number of halogens is 1. The largest absolute Gasteiger partial charge is 0.391 e. The minimum absolute atomic E-state index is 0.237. The molecule has 1 aromatic carbocycles. The van der Waals surface area contributed by atoms with Gasteiger partial charge in [-0.3, -0.25) is 4.90 Å². The number of hydrogen-bond donors (Lipinski definition) is 1. The summed E-state index contributed by atoms with van der Waals surface area (Å²) in [7, 11) is 0. The standard InChI is InChI=1S/C17H28FNO/c1-6-17(5,19(7-2)8-3)16(20)12-14-11-15(18)10-9-13(14)4/h9-11,16,20H,6-8,12H2,1-5H3. The first-order valence-corrected chi connectivity index (χ1v) is 7.57. The second-order valence-corrected chi connectivity index (χ2v) is 5.67. The van der Waals surface area contributed by atoms with E-state index in [0.717, 1.165) is 30.6 Å². The maximum Gasteiger partial charge on any atom is 0.123 e. The van der Waals surface area contributed by atoms with Crippen molar-refractivity contribution in [3.05, 3.63) is 35.1 Å². The lowest BCUT2D eigenvalue weighted by Crippen LogP contribution is -2.54. The van der Waals surface area contributed by atoms with Gasteiger partial charge in [-0.1, -0.05) is 26.8 Å². The second-order valence-electron chi connectivity index (χ2n) is 5.67. The fourth-order valence-corrected chi connectivity index (χ4v) is 2.90. The third-order valence-corrected chi connectivity index (χ3v) is 4.64. The summed E-state index contributed by atoms with van der Waals surface area (Å²) < 4.78 is 13.4. The monoisotopic (exact) mass is 281 g/mol. The Hall–Kier alpha value is -0.930. The van der Waals surface area contributed by atoms with E-state index in [9.17, 15) is 9.50 Å². The highest BCUT2D eigenvalue weighted by molar-refractivity contribution is 5.27. The van der Waals surface area contributed by atoms with Gasteiger partial charge in [0.25, 0.3) is 0 Å². The molecule has 0 amide bonds. The fourth-order valence-electron chi connectivity index (χ4n) is 2.90. The topological polar surface area (TPSA) is 23.5 Å². The molecule has 2 nitrogen and oxygen atoms in total. The van der Waals surface area contributed by atoms with Gasteiger partial charge in [-0.15, -0.1) is 0 Å². The SMILES string of the molecule is CCN(CC)C(C)(CC)C(O)Cc1cc(F)ccc1C. The van der Waals surface area contributed by atoms with E-state index in [2.05, 4.69) is 32.6 Å². The Bertz CT molecular complexity index is 431. The molecule has 20 heavy (non-hydrogen) atoms. The molecule has 1 N–H and O–H groups in total. The first-order valence-electron chi connectivity index (χ1n) is 7.57. The lowest BCUT2D eigenvalue weighted by atomic mass is 9.85. The zero-order valence-corrected chi connectivity index (χ0v) is 13.4. The molecule has 0 heterocycles. The first-order chi connectivity index (χ1) is 9.38. The highest BCUT2D eigenvalue weighted by atomic mass is 19.1. The number of benzene rings is 1. The molecule has 0 aromatic heterocycles. The van der Waals surface area contributed by atoms with Gasteiger partial charge in [-0.2, -0.15) is 0 Å². The van der Waals surface area contributed by atoms with Crippen LogP contribution in [-0.2, 0) is 6.42 Å². The minimum atomic E-state index is -0.507. The Balaban J connectivity index is 2.97. The second kappa shape index (κ2) is 7.19. The molecule has 2 unspecified atom stereocenters. The summed E-state index contributed by atoms with van der Waals surface area (Å²) >= 11 is 0. The van der Waals surface area contributed by atoms with Crippen molar-refractivity contribution in [1.29, 1.82) is 0 Å². The third-order valence-electron chi connectivity index (χ3n) is 4.64. The molecule has 0 aliphatic heterocycles. The molecule has 0 fully saturated rings. The number of aliphatic hydroxyl groups is 1. The fraction of sp³-hybridized carbons (Fsp3) is 0.647. The van der Waals surface area contributed by atoms with Crippen LogP contribution in [0.15, 0.2) is 18.2 Å². The Labute approximate surface area is 122 Å². The van der Waals surface area contributed by atoms with Crippen LogP contribution in [0.2, 0.25) is 0 Å². The molecule has 0 aliphatic rings. The molecular formula is C17H28FNO. The number of likely N-dealkylation sites (N-methyl/N-ethyl adjacent to an activating group) is 1. The molecule has 2 atom stereocenters. The van der Waals surface area contributed by atoms with Crippen molar-refractivity contribution < 1.29 is 9.50 Å². The number of aryl methyl sites for hydroxylation is 1. The Morgan fingerprint density at radius 2 is 1.85 bits per heavy atom. The van der Waals surface area contributed by atoms with Gasteiger partial charge in [0.15, 0.2) is 0 Å². The summed E-state index contributed by atoms with van der Waals surface area (Å²) in [6, 6.07) is 4.78. The molecule has 114 valence electrons. The number of hydrogen-bond acceptors (Lipinski definition) is 2. The predicted octanol–water partition coefficient (Wildman–Crippen LogP) is 3.55. The molecule has 0 spiro atoms. The molecule has 1 aromatic rings. The molecule has 0 saturated heterocycles. The maximum absolute atomic E-state index is 13.4. The van der Waals surface area contributed by atoms with Gasteiger partial charge in [0, 0.05) is 12.0 Å². The van der Waals surface area contributed by atoms with Gasteiger partial charge in [-0.25, -0.2) is 4.39 Å². The maximum atomic E-state index is 13.4. The predicted molar refractivity (Wildman–Crippen MR) is 82.5 cm³/mol. The summed E-state index contributed by atoms with van der Waals surface area (Å²) in [6.07, 6.45) is 0.849. The van der Waals surface area contributed by atoms with Crippen molar-refractivity contribution in [3.63, 3.8) is 0 Å². The van der Waals surface area contributed by atoms with Crippen LogP contribution in [0.3, 0.4) is 0 Å². The summed E-state index contributed by atoms with van der Waals surface area (Å²) in [5, 5.41) is 10.7. The average molecular weight is 281 g/mol. The Kier molecular flexibility index (Phi) is 6.15. The van der Waals surface area contributed by atoms with E-state index in [4.69, 9.17) is 0 Å². The van der Waals surface area contributed by atoms with Crippen molar-refractivity contribution in [3.8, 4) is 0 Å². The highest BCUT2D eigenvalue weighted by Gasteiger charge is 2.35. The molecule has 1 rings (SSSR count). The van der Waals surface area contributed by atoms with E-state index in [-0.39, 0.29) is 11.4 Å². The number of nitrogens with zero attached hydrogens (tertiary/aromatic N) is 1. The van der Waals surface area contributed by atoms with E-state index in [1.807, 2.05) is 6.92 Å². The molecule has 0 bridgehead atoms. The summed E-state index contributed by atoms with van der Waals surface area (Å²) in [5.74, 6) is -0.237. The van der Waals surface area contributed by atoms with E-state index < -0.39 is 6.10 Å². The third kappa shape index (κ3) is 3.58. The van der Waals surface area contributed by atoms with Crippen LogP contribution in [0.5, 0.6) is 0 Å². The lowest BCUT2D eigenvalue weighted by molar-refractivity contribution is -0.0191. The van der Waals surface area contributed by atoms with Crippen LogP contribution < -0.4 is 0 Å². The summed E-state index contributed by atoms with van der Waals surface area (Å²) in [5.41, 5.74) is 1.65. The van der Waals surface area contributed by atoms with Crippen LogP contribution in [0.1, 0.15) is 45.2 Å². The van der Waals surface area contributed by atoms with E-state index in [1.165, 1.54) is 12.1 Å². The van der Waals surface area contributed by atoms with Gasteiger partial charge in [0.1, 0.15) is 5.82 Å². The summed E-state index contributed by atoms with van der Waals surface area (Å²) in [6.45, 7) is 12.2. The van der Waals surface area contributed by atoms with Crippen molar-refractivity contribution in [2.75, 3.05) is 13.1 Å². The number of aliphatic hydroxyl groups excluding tert-OH is 1. The van der Waals surface area contributed by atoms with Gasteiger partial charge in [-0.05, 0) is 56.6 Å². The number of rotatable bonds is 7. The normalized spacial score (nSPS) is 16.2. The summed E-state index contributed by atoms with van der Waals surface area (Å²) in [4.78, 5) is 2.28. The zero-order chi connectivity index (χ0) is 15.3. The van der Waals surface area contributed by atoms with Crippen LogP contribution in [-0.4, -0.2) is 34.7 Å². The van der Waals surface area contributed by atoms with Gasteiger partial charge in [0.05, 0.1) is 6.10 Å². The van der Waals surface area contributed by atoms with E-state index >= 15 is 0 Å². The quantitative estimate of drug-likeness (QED) is 0.826. The molecule has 0 radical (unpaired) electrons. The van der Waals surface area contributed by atoms with Gasteiger partial charge >= 0.3 is 0 Å². The lowest BCUT2D eigenvalue weighted by Gasteiger charge is -2.43. The van der Waals surface area contributed by atoms with E-state index in [0.29, 0.717) is 6.42 Å². The van der Waals surface area contributed by atoms with Crippen LogP contribution in [0.25, 0.3) is 0 Å². The average Bonchev–Trinajstić information content (AvgIpc) is 2.43. The van der Waals surface area contributed by atoms with Crippen molar-refractivity contribution >= 4 is 0 Å². The molecule has 0 saturated carbocycles. The van der Waals surface area contributed by atoms with Crippen LogP contribution in [0, 0.1) is 12.7 Å². The van der Waals surface area contributed by atoms with Gasteiger partial charge in [0.2, 0.25) is 0 Å². The smallest absolute Gasteiger partial charge is 0.123 e. The van der Waals surface area contributed by atoms with Gasteiger partial charge < -0.3 is 5.11 Å². The first kappa shape index (κ1) is 17.1. The highest BCUT2D eigenvalue weighted by Crippen LogP contribution is 2.27. The minimum Gasteiger partial charge on any atom is -0.391 e. The van der Waals surface area contributed by atoms with Crippen molar-refractivity contribution in [2.24, 2.45) is 0 Å². The van der Waals surface area contributed by atoms with Crippen LogP contribution in [0.4, 0.5) is 4.39 Å². The Morgan fingerprint density at radius 1 is 1.25 bits per heavy atom. The molecular weight excluding hydrogens is 253 g/mol. The van der Waals surface area contributed by atoms with Crippen LogP contribution >= 0.6 is 0 Å². The van der Waals surface area contributed by atoms with E-state index in [1.54, 1.807) is 6.07 Å². The zero-order valence-electron chi connectivity index (χ0n) is 13.4. The van der Waals surface area contributed by atoms with Crippen molar-refractivity contribution in [2.45, 2.75) is 59.1 Å². The molecule has 0 aliphatic carbocycles. The molecule has 3 heteroatoms. The Morgan fingerprint density at radius 3 is 2.35 bits per heavy atom.